The third-order valence-electron chi connectivity index (χ3n) is 3.19. The fourth-order valence-electron chi connectivity index (χ4n) is 2.10. The highest BCUT2D eigenvalue weighted by atomic mass is 32.1. The van der Waals surface area contributed by atoms with Crippen LogP contribution in [0, 0.1) is 0 Å². The zero-order valence-electron chi connectivity index (χ0n) is 11.7. The van der Waals surface area contributed by atoms with E-state index in [-0.39, 0.29) is 0 Å². The number of anilines is 2. The highest BCUT2D eigenvalue weighted by Gasteiger charge is 1.99. The summed E-state index contributed by atoms with van der Waals surface area (Å²) in [6.07, 6.45) is 1.65. The molecule has 1 N–H and O–H groups in total. The second-order valence-electron chi connectivity index (χ2n) is 4.67. The van der Waals surface area contributed by atoms with Crippen molar-refractivity contribution in [3.63, 3.8) is 0 Å². The van der Waals surface area contributed by atoms with Crippen molar-refractivity contribution >= 4 is 34.6 Å². The molecule has 3 rings (SSSR count). The first-order valence-electron chi connectivity index (χ1n) is 6.81. The third-order valence-corrected chi connectivity index (χ3v) is 3.28. The van der Waals surface area contributed by atoms with Crippen LogP contribution in [0.2, 0.25) is 0 Å². The fraction of sp³-hybridized carbons (Fsp3) is 0. The maximum Gasteiger partial charge on any atom is 0.130 e. The van der Waals surface area contributed by atoms with Crippen LogP contribution in [0.3, 0.4) is 0 Å². The first-order valence-corrected chi connectivity index (χ1v) is 7.22. The molecule has 2 aromatic carbocycles. The van der Waals surface area contributed by atoms with E-state index in [1.807, 2.05) is 42.5 Å². The minimum atomic E-state index is 0.694. The quantitative estimate of drug-likeness (QED) is 0.530. The Kier molecular flexibility index (Phi) is 4.35. The van der Waals surface area contributed by atoms with Gasteiger partial charge in [0.2, 0.25) is 0 Å². The molecule has 3 aromatic rings. The molecule has 22 heavy (non-hydrogen) atoms. The first-order chi connectivity index (χ1) is 10.8. The molecule has 1 heterocycles. The van der Waals surface area contributed by atoms with Crippen molar-refractivity contribution in [3.05, 3.63) is 72.9 Å². The summed E-state index contributed by atoms with van der Waals surface area (Å²) in [5.41, 5.74) is 4.07. The van der Waals surface area contributed by atoms with Crippen LogP contribution in [-0.2, 0) is 0 Å². The lowest BCUT2D eigenvalue weighted by molar-refractivity contribution is 1.29. The van der Waals surface area contributed by atoms with Crippen molar-refractivity contribution < 1.29 is 0 Å². The molecule has 0 aliphatic rings. The molecule has 0 aliphatic heterocycles. The minimum Gasteiger partial charge on any atom is -0.340 e. The summed E-state index contributed by atoms with van der Waals surface area (Å²) in [6, 6.07) is 22.2. The second-order valence-corrected chi connectivity index (χ2v) is 4.86. The van der Waals surface area contributed by atoms with Gasteiger partial charge in [-0.05, 0) is 47.6 Å². The second kappa shape index (κ2) is 6.76. The predicted octanol–water partition coefficient (Wildman–Crippen LogP) is 5.23. The lowest BCUT2D eigenvalue weighted by Crippen LogP contribution is -1.92. The van der Waals surface area contributed by atoms with Gasteiger partial charge in [-0.25, -0.2) is 4.98 Å². The maximum absolute atomic E-state index is 4.56. The first kappa shape index (κ1) is 14.1. The van der Waals surface area contributed by atoms with E-state index in [1.165, 1.54) is 11.1 Å². The van der Waals surface area contributed by atoms with Crippen molar-refractivity contribution in [3.8, 4) is 11.1 Å². The van der Waals surface area contributed by atoms with Gasteiger partial charge in [-0.3, -0.25) is 0 Å². The Balaban J connectivity index is 1.74. The molecule has 1 aromatic heterocycles. The number of pyridine rings is 1. The van der Waals surface area contributed by atoms with Crippen LogP contribution in [0.1, 0.15) is 0 Å². The molecule has 106 valence electrons. The molecule has 0 atom stereocenters. The third kappa shape index (κ3) is 3.44. The van der Waals surface area contributed by atoms with Crippen molar-refractivity contribution in [2.45, 2.75) is 0 Å². The SMILES string of the molecule is S=C=Nc1ccc(Nc2ccc(-c3ccccc3)cc2)nc1. The zero-order valence-corrected chi connectivity index (χ0v) is 12.5. The number of rotatable bonds is 4. The van der Waals surface area contributed by atoms with Crippen molar-refractivity contribution in [1.82, 2.24) is 4.98 Å². The Morgan fingerprint density at radius 3 is 2.23 bits per heavy atom. The van der Waals surface area contributed by atoms with E-state index in [2.05, 4.69) is 56.9 Å². The Morgan fingerprint density at radius 2 is 1.59 bits per heavy atom. The molecule has 4 heteroatoms. The van der Waals surface area contributed by atoms with Gasteiger partial charge in [-0.1, -0.05) is 42.5 Å². The Hall–Kier alpha value is -2.81. The topological polar surface area (TPSA) is 37.3 Å². The number of benzene rings is 2. The average molecular weight is 303 g/mol. The molecule has 0 fully saturated rings. The molecule has 0 amide bonds. The van der Waals surface area contributed by atoms with Crippen LogP contribution in [0.4, 0.5) is 17.2 Å². The van der Waals surface area contributed by atoms with Crippen LogP contribution < -0.4 is 5.32 Å². The van der Waals surface area contributed by atoms with E-state index in [0.717, 1.165) is 11.5 Å². The number of nitrogens with one attached hydrogen (secondary N) is 1. The van der Waals surface area contributed by atoms with Gasteiger partial charge in [-0.2, -0.15) is 4.99 Å². The lowest BCUT2D eigenvalue weighted by atomic mass is 10.1. The van der Waals surface area contributed by atoms with Gasteiger partial charge >= 0.3 is 0 Å². The molecule has 0 bridgehead atoms. The van der Waals surface area contributed by atoms with E-state index in [9.17, 15) is 0 Å². The molecular formula is C18H13N3S. The van der Waals surface area contributed by atoms with Crippen LogP contribution in [0.25, 0.3) is 11.1 Å². The maximum atomic E-state index is 4.56. The summed E-state index contributed by atoms with van der Waals surface area (Å²) in [5.74, 6) is 0.760. The largest absolute Gasteiger partial charge is 0.340 e. The van der Waals surface area contributed by atoms with E-state index < -0.39 is 0 Å². The van der Waals surface area contributed by atoms with Crippen LogP contribution in [0.15, 0.2) is 77.9 Å². The van der Waals surface area contributed by atoms with Crippen LogP contribution in [-0.4, -0.2) is 10.1 Å². The molecule has 0 aliphatic carbocycles. The Labute approximate surface area is 134 Å². The summed E-state index contributed by atoms with van der Waals surface area (Å²) in [7, 11) is 0. The van der Waals surface area contributed by atoms with E-state index in [1.54, 1.807) is 6.20 Å². The molecule has 0 radical (unpaired) electrons. The van der Waals surface area contributed by atoms with Gasteiger partial charge in [-0.15, -0.1) is 0 Å². The predicted molar refractivity (Wildman–Crippen MR) is 94.1 cm³/mol. The molecule has 0 spiro atoms. The minimum absolute atomic E-state index is 0.694. The number of nitrogens with zero attached hydrogens (tertiary/aromatic N) is 2. The van der Waals surface area contributed by atoms with E-state index in [0.29, 0.717) is 5.69 Å². The number of aromatic nitrogens is 1. The number of hydrogen-bond donors (Lipinski definition) is 1. The number of hydrogen-bond acceptors (Lipinski definition) is 4. The van der Waals surface area contributed by atoms with Gasteiger partial charge in [0, 0.05) is 5.69 Å². The van der Waals surface area contributed by atoms with Crippen molar-refractivity contribution in [1.29, 1.82) is 0 Å². The van der Waals surface area contributed by atoms with E-state index >= 15 is 0 Å². The van der Waals surface area contributed by atoms with Gasteiger partial charge < -0.3 is 5.32 Å². The molecular weight excluding hydrogens is 290 g/mol. The smallest absolute Gasteiger partial charge is 0.130 e. The Bertz CT molecular complexity index is 790. The molecule has 0 unspecified atom stereocenters. The van der Waals surface area contributed by atoms with Gasteiger partial charge in [0.25, 0.3) is 0 Å². The summed E-state index contributed by atoms with van der Waals surface area (Å²) in [4.78, 5) is 8.16. The van der Waals surface area contributed by atoms with Gasteiger partial charge in [0.15, 0.2) is 0 Å². The highest BCUT2D eigenvalue weighted by Crippen LogP contribution is 2.23. The summed E-state index contributed by atoms with van der Waals surface area (Å²) in [5, 5.41) is 5.58. The van der Waals surface area contributed by atoms with Crippen molar-refractivity contribution in [2.75, 3.05) is 5.32 Å². The lowest BCUT2D eigenvalue weighted by Gasteiger charge is -2.07. The molecule has 3 nitrogen and oxygen atoms in total. The number of aliphatic imine (C=N–C) groups is 1. The highest BCUT2D eigenvalue weighted by molar-refractivity contribution is 7.78. The van der Waals surface area contributed by atoms with Crippen LogP contribution >= 0.6 is 12.2 Å². The Morgan fingerprint density at radius 1 is 0.864 bits per heavy atom. The summed E-state index contributed by atoms with van der Waals surface area (Å²) in [6.45, 7) is 0. The molecule has 0 saturated carbocycles. The summed E-state index contributed by atoms with van der Waals surface area (Å²) < 4.78 is 0. The van der Waals surface area contributed by atoms with Gasteiger partial charge in [0.05, 0.1) is 17.0 Å². The number of thiocarbonyl (C=S) groups is 1. The van der Waals surface area contributed by atoms with Crippen molar-refractivity contribution in [2.24, 2.45) is 4.99 Å². The van der Waals surface area contributed by atoms with E-state index in [4.69, 9.17) is 0 Å². The normalized spacial score (nSPS) is 9.82. The standard InChI is InChI=1S/C18H13N3S/c22-13-20-17-10-11-18(19-12-17)21-16-8-6-15(7-9-16)14-4-2-1-3-5-14/h1-12H,(H,19,21). The summed E-state index contributed by atoms with van der Waals surface area (Å²) >= 11 is 4.56. The van der Waals surface area contributed by atoms with Crippen LogP contribution in [0.5, 0.6) is 0 Å². The average Bonchev–Trinajstić information content (AvgIpc) is 2.58. The zero-order chi connectivity index (χ0) is 15.2. The van der Waals surface area contributed by atoms with Gasteiger partial charge in [0.1, 0.15) is 5.82 Å². The fourth-order valence-corrected chi connectivity index (χ4v) is 2.21. The number of isothiocyanates is 1. The molecule has 0 saturated heterocycles. The monoisotopic (exact) mass is 303 g/mol.